The molecule has 0 aliphatic carbocycles. The Morgan fingerprint density at radius 1 is 1.12 bits per heavy atom. The van der Waals surface area contributed by atoms with Gasteiger partial charge in [0.05, 0.1) is 15.8 Å². The summed E-state index contributed by atoms with van der Waals surface area (Å²) >= 11 is 1.62. The molecule has 0 saturated carbocycles. The maximum absolute atomic E-state index is 13.2. The van der Waals surface area contributed by atoms with Gasteiger partial charge in [0, 0.05) is 54.4 Å². The number of amides is 1. The van der Waals surface area contributed by atoms with Crippen LogP contribution >= 0.6 is 11.3 Å². The molecule has 0 spiro atoms. The number of nitrogens with zero attached hydrogens (tertiary/aromatic N) is 4. The number of aryl methyl sites for hydroxylation is 3. The summed E-state index contributed by atoms with van der Waals surface area (Å²) in [7, 11) is 0. The first kappa shape index (κ1) is 22.6. The topological polar surface area (TPSA) is 58.4 Å². The summed E-state index contributed by atoms with van der Waals surface area (Å²) in [4.78, 5) is 30.5. The van der Waals surface area contributed by atoms with Gasteiger partial charge in [-0.15, -0.1) is 11.3 Å². The van der Waals surface area contributed by atoms with E-state index in [4.69, 9.17) is 0 Å². The van der Waals surface area contributed by atoms with Gasteiger partial charge in [-0.25, -0.2) is 4.68 Å². The molecule has 1 aliphatic rings. The van der Waals surface area contributed by atoms with E-state index < -0.39 is 0 Å². The molecular weight excluding hydrogens is 444 g/mol. The molecule has 176 valence electrons. The number of rotatable bonds is 5. The fraction of sp³-hybridized carbons (Fsp3) is 0.370. The van der Waals surface area contributed by atoms with Crippen LogP contribution in [-0.2, 0) is 11.3 Å². The summed E-state index contributed by atoms with van der Waals surface area (Å²) in [5.41, 5.74) is 3.27. The number of aromatic nitrogens is 2. The number of piperazine rings is 1. The van der Waals surface area contributed by atoms with Gasteiger partial charge in [-0.2, -0.15) is 5.10 Å². The molecule has 0 unspecified atom stereocenters. The highest BCUT2D eigenvalue weighted by atomic mass is 32.1. The van der Waals surface area contributed by atoms with Crippen LogP contribution in [0.3, 0.4) is 0 Å². The first-order valence-corrected chi connectivity index (χ1v) is 12.7. The van der Waals surface area contributed by atoms with Crippen LogP contribution in [0.25, 0.3) is 20.2 Å². The third kappa shape index (κ3) is 4.20. The number of anilines is 1. The molecule has 5 rings (SSSR count). The first-order valence-electron chi connectivity index (χ1n) is 11.9. The van der Waals surface area contributed by atoms with E-state index in [1.807, 2.05) is 36.1 Å². The number of hydrogen-bond donors (Lipinski definition) is 0. The molecule has 0 bridgehead atoms. The molecule has 1 saturated heterocycles. The van der Waals surface area contributed by atoms with Crippen molar-refractivity contribution >= 4 is 43.1 Å². The van der Waals surface area contributed by atoms with E-state index in [1.165, 1.54) is 11.3 Å². The van der Waals surface area contributed by atoms with E-state index >= 15 is 0 Å². The molecule has 0 radical (unpaired) electrons. The van der Waals surface area contributed by atoms with Crippen LogP contribution in [0.4, 0.5) is 5.69 Å². The number of hydrogen-bond acceptors (Lipinski definition) is 5. The number of benzene rings is 2. The van der Waals surface area contributed by atoms with Gasteiger partial charge in [0.1, 0.15) is 0 Å². The fourth-order valence-electron chi connectivity index (χ4n) is 4.98. The molecule has 1 aliphatic heterocycles. The van der Waals surface area contributed by atoms with Crippen molar-refractivity contribution in [3.63, 3.8) is 0 Å². The average molecular weight is 475 g/mol. The Morgan fingerprint density at radius 3 is 2.74 bits per heavy atom. The molecule has 6 nitrogen and oxygen atoms in total. The molecule has 4 aromatic rings. The molecule has 1 atom stereocenters. The minimum atomic E-state index is -0.0640. The summed E-state index contributed by atoms with van der Waals surface area (Å²) in [6, 6.07) is 16.8. The summed E-state index contributed by atoms with van der Waals surface area (Å²) in [6.45, 7) is 8.96. The van der Waals surface area contributed by atoms with E-state index in [1.54, 1.807) is 16.0 Å². The third-order valence-corrected chi connectivity index (χ3v) is 8.00. The summed E-state index contributed by atoms with van der Waals surface area (Å²) in [5.74, 6) is 0.155. The van der Waals surface area contributed by atoms with Crippen molar-refractivity contribution in [3.05, 3.63) is 70.1 Å². The zero-order chi connectivity index (χ0) is 23.8. The zero-order valence-corrected chi connectivity index (χ0v) is 20.8. The number of carbonyl (C=O) groups excluding carboxylic acids is 1. The number of fused-ring (bicyclic) bond motifs is 3. The van der Waals surface area contributed by atoms with Crippen molar-refractivity contribution < 1.29 is 4.79 Å². The van der Waals surface area contributed by atoms with Crippen molar-refractivity contribution in [3.8, 4) is 0 Å². The van der Waals surface area contributed by atoms with Crippen molar-refractivity contribution in [2.24, 2.45) is 0 Å². The molecule has 2 aromatic carbocycles. The van der Waals surface area contributed by atoms with E-state index in [-0.39, 0.29) is 17.5 Å². The number of carbonyl (C=O) groups is 1. The average Bonchev–Trinajstić information content (AvgIpc) is 3.22. The van der Waals surface area contributed by atoms with Crippen LogP contribution in [-0.4, -0.2) is 46.3 Å². The normalized spacial score (nSPS) is 16.5. The maximum atomic E-state index is 13.2. The molecule has 7 heteroatoms. The Labute approximate surface area is 203 Å². The van der Waals surface area contributed by atoms with Crippen molar-refractivity contribution in [1.29, 1.82) is 0 Å². The summed E-state index contributed by atoms with van der Waals surface area (Å²) in [6.07, 6.45) is 1.03. The van der Waals surface area contributed by atoms with Gasteiger partial charge < -0.3 is 9.80 Å². The van der Waals surface area contributed by atoms with E-state index in [2.05, 4.69) is 48.1 Å². The fourth-order valence-corrected chi connectivity index (χ4v) is 6.11. The quantitative estimate of drug-likeness (QED) is 0.419. The highest BCUT2D eigenvalue weighted by molar-refractivity contribution is 7.26. The standard InChI is InChI=1S/C27H30N4O2S/c1-18-8-6-9-21(16-18)30-15-14-29(17-19(30)2)24(32)12-7-13-31-27(33)25-22-10-4-5-11-23(22)34-26(25)20(3)28-31/h4-6,8-11,16,19H,7,12-15,17H2,1-3H3/t19-/m1/s1. The van der Waals surface area contributed by atoms with Crippen LogP contribution in [0.1, 0.15) is 31.0 Å². The smallest absolute Gasteiger partial charge is 0.276 e. The SMILES string of the molecule is Cc1cccc(N2CCN(C(=O)CCCn3nc(C)c4sc5ccccc5c4c3=O)C[C@H]2C)c1. The van der Waals surface area contributed by atoms with Crippen molar-refractivity contribution in [1.82, 2.24) is 14.7 Å². The van der Waals surface area contributed by atoms with E-state index in [0.717, 1.165) is 45.5 Å². The lowest BCUT2D eigenvalue weighted by molar-refractivity contribution is -0.132. The minimum absolute atomic E-state index is 0.0640. The Kier molecular flexibility index (Phi) is 6.13. The van der Waals surface area contributed by atoms with Crippen LogP contribution < -0.4 is 10.5 Å². The highest BCUT2D eigenvalue weighted by Crippen LogP contribution is 2.32. The molecule has 0 N–H and O–H groups in total. The highest BCUT2D eigenvalue weighted by Gasteiger charge is 2.26. The van der Waals surface area contributed by atoms with Crippen LogP contribution in [0.5, 0.6) is 0 Å². The first-order chi connectivity index (χ1) is 16.4. The third-order valence-electron chi connectivity index (χ3n) is 6.72. The maximum Gasteiger partial charge on any atom is 0.276 e. The molecular formula is C27H30N4O2S. The Morgan fingerprint density at radius 2 is 1.94 bits per heavy atom. The van der Waals surface area contributed by atoms with Gasteiger partial charge in [0.25, 0.3) is 5.56 Å². The molecule has 2 aromatic heterocycles. The molecule has 34 heavy (non-hydrogen) atoms. The Balaban J connectivity index is 1.23. The lowest BCUT2D eigenvalue weighted by Crippen LogP contribution is -2.53. The zero-order valence-electron chi connectivity index (χ0n) is 20.0. The second-order valence-electron chi connectivity index (χ2n) is 9.24. The molecule has 3 heterocycles. The second-order valence-corrected chi connectivity index (χ2v) is 10.3. The lowest BCUT2D eigenvalue weighted by atomic mass is 10.1. The molecule has 1 amide bonds. The lowest BCUT2D eigenvalue weighted by Gasteiger charge is -2.41. The van der Waals surface area contributed by atoms with Gasteiger partial charge >= 0.3 is 0 Å². The largest absolute Gasteiger partial charge is 0.365 e. The van der Waals surface area contributed by atoms with Gasteiger partial charge in [-0.1, -0.05) is 30.3 Å². The number of thiophene rings is 1. The predicted molar refractivity (Wildman–Crippen MR) is 140 cm³/mol. The van der Waals surface area contributed by atoms with E-state index in [9.17, 15) is 9.59 Å². The van der Waals surface area contributed by atoms with Gasteiger partial charge in [-0.05, 0) is 51.0 Å². The molecule has 1 fully saturated rings. The minimum Gasteiger partial charge on any atom is -0.365 e. The van der Waals surface area contributed by atoms with Gasteiger partial charge in [0.2, 0.25) is 5.91 Å². The summed E-state index contributed by atoms with van der Waals surface area (Å²) in [5, 5.41) is 6.29. The van der Waals surface area contributed by atoms with Crippen molar-refractivity contribution in [2.45, 2.75) is 46.2 Å². The monoisotopic (exact) mass is 474 g/mol. The van der Waals surface area contributed by atoms with Crippen molar-refractivity contribution in [2.75, 3.05) is 24.5 Å². The van der Waals surface area contributed by atoms with Crippen LogP contribution in [0.2, 0.25) is 0 Å². The summed E-state index contributed by atoms with van der Waals surface area (Å²) < 4.78 is 3.60. The Hall–Kier alpha value is -3.19. The van der Waals surface area contributed by atoms with Crippen LogP contribution in [0.15, 0.2) is 53.3 Å². The van der Waals surface area contributed by atoms with Crippen LogP contribution in [0, 0.1) is 13.8 Å². The second kappa shape index (κ2) is 9.22. The van der Waals surface area contributed by atoms with Gasteiger partial charge in [-0.3, -0.25) is 9.59 Å². The Bertz CT molecular complexity index is 1420. The van der Waals surface area contributed by atoms with Gasteiger partial charge in [0.15, 0.2) is 0 Å². The van der Waals surface area contributed by atoms with E-state index in [0.29, 0.717) is 19.4 Å². The predicted octanol–water partition coefficient (Wildman–Crippen LogP) is 4.75.